The molecule has 0 unspecified atom stereocenters. The lowest BCUT2D eigenvalue weighted by molar-refractivity contribution is -0.168. The highest BCUT2D eigenvalue weighted by Gasteiger charge is 2.11. The van der Waals surface area contributed by atoms with E-state index in [-0.39, 0.29) is 18.1 Å². The molecule has 0 atom stereocenters. The second-order valence-corrected chi connectivity index (χ2v) is 4.20. The van der Waals surface area contributed by atoms with E-state index in [9.17, 15) is 9.18 Å². The van der Waals surface area contributed by atoms with Crippen molar-refractivity contribution in [2.45, 2.75) is 12.8 Å². The van der Waals surface area contributed by atoms with Gasteiger partial charge in [0.15, 0.2) is 11.7 Å². The van der Waals surface area contributed by atoms with Crippen LogP contribution in [0.5, 0.6) is 0 Å². The van der Waals surface area contributed by atoms with Gasteiger partial charge in [0, 0.05) is 25.5 Å². The molecule has 1 amide bonds. The van der Waals surface area contributed by atoms with Crippen LogP contribution >= 0.6 is 0 Å². The summed E-state index contributed by atoms with van der Waals surface area (Å²) in [5, 5.41) is 1.16. The van der Waals surface area contributed by atoms with E-state index in [1.807, 2.05) is 0 Å². The van der Waals surface area contributed by atoms with E-state index in [1.165, 1.54) is 19.2 Å². The largest absolute Gasteiger partial charge is 0.441 e. The first-order chi connectivity index (χ1) is 9.60. The first kappa shape index (κ1) is 14.2. The van der Waals surface area contributed by atoms with Gasteiger partial charge in [-0.25, -0.2) is 14.4 Å². The standard InChI is InChI=1S/C14H15FN2O3/c1-17(19-2)14(18)8-7-13-16-9-12(20-13)10-3-5-11(15)6-4-10/h3-6,9H,7-8H2,1-2H3. The Bertz CT molecular complexity index is 580. The zero-order valence-corrected chi connectivity index (χ0v) is 11.3. The molecule has 0 N–H and O–H groups in total. The molecule has 1 heterocycles. The molecular formula is C14H15FN2O3. The molecule has 106 valence electrons. The third-order valence-electron chi connectivity index (χ3n) is 2.86. The van der Waals surface area contributed by atoms with Gasteiger partial charge in [-0.05, 0) is 24.3 Å². The van der Waals surface area contributed by atoms with E-state index < -0.39 is 0 Å². The van der Waals surface area contributed by atoms with Crippen LogP contribution in [0.2, 0.25) is 0 Å². The van der Waals surface area contributed by atoms with Crippen molar-refractivity contribution in [3.8, 4) is 11.3 Å². The molecule has 0 fully saturated rings. The van der Waals surface area contributed by atoms with Gasteiger partial charge in [0.2, 0.25) is 5.91 Å². The highest BCUT2D eigenvalue weighted by atomic mass is 19.1. The molecule has 1 aromatic carbocycles. The van der Waals surface area contributed by atoms with Crippen LogP contribution in [0.25, 0.3) is 11.3 Å². The van der Waals surface area contributed by atoms with E-state index in [4.69, 9.17) is 9.25 Å². The zero-order valence-electron chi connectivity index (χ0n) is 11.3. The Morgan fingerprint density at radius 3 is 2.75 bits per heavy atom. The molecule has 0 saturated carbocycles. The van der Waals surface area contributed by atoms with Crippen molar-refractivity contribution in [3.05, 3.63) is 42.2 Å². The third-order valence-corrected chi connectivity index (χ3v) is 2.86. The van der Waals surface area contributed by atoms with Gasteiger partial charge in [0.25, 0.3) is 0 Å². The van der Waals surface area contributed by atoms with Crippen molar-refractivity contribution in [3.63, 3.8) is 0 Å². The smallest absolute Gasteiger partial charge is 0.246 e. The fourth-order valence-corrected chi connectivity index (χ4v) is 1.65. The van der Waals surface area contributed by atoms with Gasteiger partial charge >= 0.3 is 0 Å². The molecule has 0 spiro atoms. The van der Waals surface area contributed by atoms with Crippen molar-refractivity contribution >= 4 is 5.91 Å². The Balaban J connectivity index is 1.99. The molecule has 0 bridgehead atoms. The van der Waals surface area contributed by atoms with E-state index in [0.29, 0.717) is 18.1 Å². The summed E-state index contributed by atoms with van der Waals surface area (Å²) in [6.07, 6.45) is 2.19. The van der Waals surface area contributed by atoms with E-state index in [2.05, 4.69) is 4.98 Å². The quantitative estimate of drug-likeness (QED) is 0.788. The molecule has 0 aliphatic carbocycles. The van der Waals surface area contributed by atoms with Crippen LogP contribution in [0, 0.1) is 5.82 Å². The van der Waals surface area contributed by atoms with Crippen molar-refractivity contribution in [1.29, 1.82) is 0 Å². The van der Waals surface area contributed by atoms with Crippen molar-refractivity contribution in [2.24, 2.45) is 0 Å². The normalized spacial score (nSPS) is 10.6. The summed E-state index contributed by atoms with van der Waals surface area (Å²) in [6, 6.07) is 5.94. The first-order valence-corrected chi connectivity index (χ1v) is 6.11. The molecule has 5 nitrogen and oxygen atoms in total. The lowest BCUT2D eigenvalue weighted by Gasteiger charge is -2.12. The predicted molar refractivity (Wildman–Crippen MR) is 70.0 cm³/mol. The Kier molecular flexibility index (Phi) is 4.47. The number of carbonyl (C=O) groups excluding carboxylic acids is 1. The van der Waals surface area contributed by atoms with Crippen LogP contribution in [-0.4, -0.2) is 30.1 Å². The van der Waals surface area contributed by atoms with Crippen molar-refractivity contribution < 1.29 is 18.4 Å². The molecular weight excluding hydrogens is 263 g/mol. The molecule has 0 aliphatic rings. The highest BCUT2D eigenvalue weighted by molar-refractivity contribution is 5.74. The number of amides is 1. The number of oxazole rings is 1. The van der Waals surface area contributed by atoms with Crippen LogP contribution < -0.4 is 0 Å². The summed E-state index contributed by atoms with van der Waals surface area (Å²) >= 11 is 0. The van der Waals surface area contributed by atoms with Crippen LogP contribution in [0.4, 0.5) is 4.39 Å². The molecule has 0 radical (unpaired) electrons. The number of aromatic nitrogens is 1. The molecule has 1 aromatic heterocycles. The molecule has 0 aliphatic heterocycles. The van der Waals surface area contributed by atoms with Crippen LogP contribution in [0.1, 0.15) is 12.3 Å². The number of halogens is 1. The van der Waals surface area contributed by atoms with Crippen molar-refractivity contribution in [1.82, 2.24) is 10.0 Å². The Labute approximate surface area is 115 Å². The molecule has 6 heteroatoms. The van der Waals surface area contributed by atoms with E-state index in [1.54, 1.807) is 25.4 Å². The minimum absolute atomic E-state index is 0.158. The molecule has 2 rings (SSSR count). The van der Waals surface area contributed by atoms with Gasteiger partial charge in [0.1, 0.15) is 5.82 Å². The molecule has 0 saturated heterocycles. The summed E-state index contributed by atoms with van der Waals surface area (Å²) in [5.74, 6) is 0.547. The van der Waals surface area contributed by atoms with Gasteiger partial charge in [-0.1, -0.05) is 0 Å². The number of rotatable bonds is 5. The number of aryl methyl sites for hydroxylation is 1. The lowest BCUT2D eigenvalue weighted by Crippen LogP contribution is -2.25. The summed E-state index contributed by atoms with van der Waals surface area (Å²) in [6.45, 7) is 0. The van der Waals surface area contributed by atoms with Gasteiger partial charge < -0.3 is 4.42 Å². The average molecular weight is 278 g/mol. The fraction of sp³-hybridized carbons (Fsp3) is 0.286. The number of carbonyl (C=O) groups is 1. The minimum Gasteiger partial charge on any atom is -0.441 e. The Morgan fingerprint density at radius 2 is 2.10 bits per heavy atom. The lowest BCUT2D eigenvalue weighted by atomic mass is 10.2. The highest BCUT2D eigenvalue weighted by Crippen LogP contribution is 2.21. The monoisotopic (exact) mass is 278 g/mol. The number of benzene rings is 1. The van der Waals surface area contributed by atoms with E-state index >= 15 is 0 Å². The Morgan fingerprint density at radius 1 is 1.40 bits per heavy atom. The van der Waals surface area contributed by atoms with Gasteiger partial charge in [-0.2, -0.15) is 0 Å². The van der Waals surface area contributed by atoms with Crippen LogP contribution in [0.15, 0.2) is 34.9 Å². The third kappa shape index (κ3) is 3.42. The zero-order chi connectivity index (χ0) is 14.5. The summed E-state index contributed by atoms with van der Waals surface area (Å²) < 4.78 is 18.4. The summed E-state index contributed by atoms with van der Waals surface area (Å²) in [5.41, 5.74) is 0.741. The second kappa shape index (κ2) is 6.29. The number of hydroxylamine groups is 2. The first-order valence-electron chi connectivity index (χ1n) is 6.11. The van der Waals surface area contributed by atoms with Gasteiger partial charge in [0.05, 0.1) is 13.3 Å². The summed E-state index contributed by atoms with van der Waals surface area (Å²) in [4.78, 5) is 20.4. The summed E-state index contributed by atoms with van der Waals surface area (Å²) in [7, 11) is 2.97. The Hall–Kier alpha value is -2.21. The maximum absolute atomic E-state index is 12.8. The average Bonchev–Trinajstić information content (AvgIpc) is 2.93. The predicted octanol–water partition coefficient (Wildman–Crippen LogP) is 2.43. The van der Waals surface area contributed by atoms with Gasteiger partial charge in [-0.15, -0.1) is 0 Å². The van der Waals surface area contributed by atoms with Crippen LogP contribution in [0.3, 0.4) is 0 Å². The second-order valence-electron chi connectivity index (χ2n) is 4.20. The molecule has 2 aromatic rings. The van der Waals surface area contributed by atoms with Crippen LogP contribution in [-0.2, 0) is 16.1 Å². The number of hydrogen-bond donors (Lipinski definition) is 0. The van der Waals surface area contributed by atoms with Crippen molar-refractivity contribution in [2.75, 3.05) is 14.2 Å². The minimum atomic E-state index is -0.304. The maximum Gasteiger partial charge on any atom is 0.246 e. The SMILES string of the molecule is CON(C)C(=O)CCc1ncc(-c2ccc(F)cc2)o1. The topological polar surface area (TPSA) is 55.6 Å². The fourth-order valence-electron chi connectivity index (χ4n) is 1.65. The van der Waals surface area contributed by atoms with Gasteiger partial charge in [-0.3, -0.25) is 9.63 Å². The molecule has 20 heavy (non-hydrogen) atoms. The number of hydrogen-bond acceptors (Lipinski definition) is 4. The number of nitrogens with zero attached hydrogens (tertiary/aromatic N) is 2. The maximum atomic E-state index is 12.8. The van der Waals surface area contributed by atoms with E-state index in [0.717, 1.165) is 10.6 Å².